The van der Waals surface area contributed by atoms with Gasteiger partial charge in [0.05, 0.1) is 6.08 Å². The Balaban J connectivity index is 4.92. The molecule has 0 rings (SSSR count). The zero-order valence-corrected chi connectivity index (χ0v) is 5.68. The van der Waals surface area contributed by atoms with E-state index in [1.807, 2.05) is 0 Å². The maximum atomic E-state index is 11.9. The van der Waals surface area contributed by atoms with Crippen molar-refractivity contribution in [1.29, 1.82) is 0 Å². The Morgan fingerprint density at radius 1 is 1.00 bits per heavy atom. The highest BCUT2D eigenvalue weighted by molar-refractivity contribution is 5.04. The molecule has 0 aromatic rings. The van der Waals surface area contributed by atoms with Gasteiger partial charge in [-0.1, -0.05) is 0 Å². The van der Waals surface area contributed by atoms with Gasteiger partial charge in [-0.2, -0.15) is 26.3 Å². The van der Waals surface area contributed by atoms with Gasteiger partial charge in [0.1, 0.15) is 0 Å². The standard InChI is InChI=1S/C5H2F8/c6-2(7)1-4(10,11)5(12,13)3(8)9/h1,3H. The van der Waals surface area contributed by atoms with E-state index in [4.69, 9.17) is 0 Å². The summed E-state index contributed by atoms with van der Waals surface area (Å²) in [5.74, 6) is -11.4. The number of hydrogen-bond acceptors (Lipinski definition) is 0. The highest BCUT2D eigenvalue weighted by atomic mass is 19.3. The normalized spacial score (nSPS) is 13.3. The Morgan fingerprint density at radius 2 is 1.38 bits per heavy atom. The van der Waals surface area contributed by atoms with Crippen molar-refractivity contribution in [2.24, 2.45) is 0 Å². The lowest BCUT2D eigenvalue weighted by atomic mass is 10.2. The zero-order valence-electron chi connectivity index (χ0n) is 5.68. The molecule has 0 nitrogen and oxygen atoms in total. The van der Waals surface area contributed by atoms with Crippen LogP contribution in [0.5, 0.6) is 0 Å². The first-order valence-electron chi connectivity index (χ1n) is 2.69. The third kappa shape index (κ3) is 2.56. The van der Waals surface area contributed by atoms with Crippen molar-refractivity contribution in [2.45, 2.75) is 18.3 Å². The predicted molar refractivity (Wildman–Crippen MR) is 26.2 cm³/mol. The van der Waals surface area contributed by atoms with Gasteiger partial charge in [0, 0.05) is 0 Å². The molecule has 0 unspecified atom stereocenters. The average molecular weight is 214 g/mol. The van der Waals surface area contributed by atoms with Crippen molar-refractivity contribution < 1.29 is 35.1 Å². The minimum atomic E-state index is -5.80. The molecule has 0 saturated heterocycles. The molecule has 0 aromatic carbocycles. The quantitative estimate of drug-likeness (QED) is 0.632. The number of rotatable bonds is 3. The molecule has 0 aliphatic carbocycles. The monoisotopic (exact) mass is 214 g/mol. The summed E-state index contributed by atoms with van der Waals surface area (Å²) in [7, 11) is 0. The number of allylic oxidation sites excluding steroid dienone is 1. The van der Waals surface area contributed by atoms with Crippen LogP contribution < -0.4 is 0 Å². The number of hydrogen-bond donors (Lipinski definition) is 0. The first-order valence-corrected chi connectivity index (χ1v) is 2.69. The van der Waals surface area contributed by atoms with Crippen molar-refractivity contribution in [3.8, 4) is 0 Å². The minimum absolute atomic E-state index is 1.50. The van der Waals surface area contributed by atoms with E-state index in [0.29, 0.717) is 0 Å². The first kappa shape index (κ1) is 12.2. The van der Waals surface area contributed by atoms with E-state index in [1.54, 1.807) is 0 Å². The molecule has 0 amide bonds. The molecular weight excluding hydrogens is 212 g/mol. The summed E-state index contributed by atoms with van der Waals surface area (Å²) in [4.78, 5) is 0. The molecule has 0 aromatic heterocycles. The lowest BCUT2D eigenvalue weighted by Gasteiger charge is -2.22. The first-order chi connectivity index (χ1) is 5.61. The van der Waals surface area contributed by atoms with Crippen molar-refractivity contribution in [3.05, 3.63) is 12.2 Å². The van der Waals surface area contributed by atoms with Crippen LogP contribution in [0.15, 0.2) is 12.2 Å². The van der Waals surface area contributed by atoms with Crippen molar-refractivity contribution in [2.75, 3.05) is 0 Å². The summed E-state index contributed by atoms with van der Waals surface area (Å²) in [5, 5.41) is 0. The third-order valence-electron chi connectivity index (χ3n) is 1.01. The molecule has 0 aliphatic heterocycles. The van der Waals surface area contributed by atoms with Crippen LogP contribution in [-0.2, 0) is 0 Å². The van der Waals surface area contributed by atoms with Crippen LogP contribution in [0.3, 0.4) is 0 Å². The van der Waals surface area contributed by atoms with E-state index in [1.165, 1.54) is 0 Å². The van der Waals surface area contributed by atoms with Crippen molar-refractivity contribution in [1.82, 2.24) is 0 Å². The Bertz CT molecular complexity index is 201. The Labute approximate surface area is 66.8 Å². The smallest absolute Gasteiger partial charge is 0.203 e. The fraction of sp³-hybridized carbons (Fsp3) is 0.600. The molecule has 0 N–H and O–H groups in total. The second kappa shape index (κ2) is 3.51. The van der Waals surface area contributed by atoms with Crippen LogP contribution in [-0.4, -0.2) is 18.3 Å². The van der Waals surface area contributed by atoms with Crippen LogP contribution in [0, 0.1) is 0 Å². The fourth-order valence-electron chi connectivity index (χ4n) is 0.379. The van der Waals surface area contributed by atoms with E-state index in [2.05, 4.69) is 0 Å². The molecule has 0 radical (unpaired) electrons. The summed E-state index contributed by atoms with van der Waals surface area (Å²) < 4.78 is 92.2. The molecule has 0 atom stereocenters. The predicted octanol–water partition coefficient (Wildman–Crippen LogP) is 3.30. The van der Waals surface area contributed by atoms with Gasteiger partial charge in [-0.25, -0.2) is 8.78 Å². The molecule has 78 valence electrons. The lowest BCUT2D eigenvalue weighted by Crippen LogP contribution is -2.45. The van der Waals surface area contributed by atoms with Crippen LogP contribution in [0.1, 0.15) is 0 Å². The molecule has 0 saturated carbocycles. The van der Waals surface area contributed by atoms with Gasteiger partial charge in [-0.05, 0) is 0 Å². The van der Waals surface area contributed by atoms with Gasteiger partial charge in [0.25, 0.3) is 6.08 Å². The Hall–Kier alpha value is -0.820. The second-order valence-corrected chi connectivity index (χ2v) is 1.98. The summed E-state index contributed by atoms with van der Waals surface area (Å²) in [6.45, 7) is 0. The van der Waals surface area contributed by atoms with Gasteiger partial charge in [0.2, 0.25) is 0 Å². The van der Waals surface area contributed by atoms with E-state index in [9.17, 15) is 35.1 Å². The second-order valence-electron chi connectivity index (χ2n) is 1.98. The third-order valence-corrected chi connectivity index (χ3v) is 1.01. The molecule has 0 spiro atoms. The van der Waals surface area contributed by atoms with Crippen molar-refractivity contribution >= 4 is 0 Å². The fourth-order valence-corrected chi connectivity index (χ4v) is 0.379. The van der Waals surface area contributed by atoms with Gasteiger partial charge in [0.15, 0.2) is 0 Å². The van der Waals surface area contributed by atoms with Crippen LogP contribution in [0.25, 0.3) is 0 Å². The Kier molecular flexibility index (Phi) is 3.28. The highest BCUT2D eigenvalue weighted by Gasteiger charge is 2.62. The average Bonchev–Trinajstić information content (AvgIpc) is 1.83. The van der Waals surface area contributed by atoms with Gasteiger partial charge >= 0.3 is 18.3 Å². The summed E-state index contributed by atoms with van der Waals surface area (Å²) in [6, 6.07) is 0. The molecule has 0 aliphatic rings. The summed E-state index contributed by atoms with van der Waals surface area (Å²) in [6.07, 6.45) is -9.36. The molecular formula is C5H2F8. The van der Waals surface area contributed by atoms with E-state index >= 15 is 0 Å². The molecule has 0 heterocycles. The van der Waals surface area contributed by atoms with Gasteiger partial charge in [-0.3, -0.25) is 0 Å². The molecule has 0 bridgehead atoms. The molecule has 0 fully saturated rings. The largest absolute Gasteiger partial charge is 0.373 e. The van der Waals surface area contributed by atoms with Gasteiger partial charge in [-0.15, -0.1) is 0 Å². The minimum Gasteiger partial charge on any atom is -0.203 e. The topological polar surface area (TPSA) is 0 Å². The van der Waals surface area contributed by atoms with Crippen molar-refractivity contribution in [3.63, 3.8) is 0 Å². The number of alkyl halides is 6. The highest BCUT2D eigenvalue weighted by Crippen LogP contribution is 2.40. The maximum Gasteiger partial charge on any atom is 0.373 e. The zero-order chi connectivity index (χ0) is 10.9. The van der Waals surface area contributed by atoms with E-state index in [0.717, 1.165) is 0 Å². The van der Waals surface area contributed by atoms with Crippen LogP contribution in [0.2, 0.25) is 0 Å². The SMILES string of the molecule is FC(F)=CC(F)(F)C(F)(F)C(F)F. The van der Waals surface area contributed by atoms with E-state index in [-0.39, 0.29) is 0 Å². The van der Waals surface area contributed by atoms with Crippen LogP contribution >= 0.6 is 0 Å². The summed E-state index contributed by atoms with van der Waals surface area (Å²) >= 11 is 0. The lowest BCUT2D eigenvalue weighted by molar-refractivity contribution is -0.242. The summed E-state index contributed by atoms with van der Waals surface area (Å²) in [5.41, 5.74) is 0. The van der Waals surface area contributed by atoms with E-state index < -0.39 is 30.4 Å². The number of halogens is 8. The Morgan fingerprint density at radius 3 is 1.62 bits per heavy atom. The van der Waals surface area contributed by atoms with Gasteiger partial charge < -0.3 is 0 Å². The van der Waals surface area contributed by atoms with Crippen LogP contribution in [0.4, 0.5) is 35.1 Å². The maximum absolute atomic E-state index is 11.9. The molecule has 13 heavy (non-hydrogen) atoms. The molecule has 8 heteroatoms.